The quantitative estimate of drug-likeness (QED) is 0.799. The van der Waals surface area contributed by atoms with E-state index in [0.717, 1.165) is 27.1 Å². The number of fused-ring (bicyclic) bond motifs is 1. The molecule has 3 rings (SSSR count). The molecule has 0 amide bonds. The highest BCUT2D eigenvalue weighted by atomic mass is 32.1. The van der Waals surface area contributed by atoms with Crippen molar-refractivity contribution in [2.45, 2.75) is 0 Å². The first-order valence-electron chi connectivity index (χ1n) is 6.09. The van der Waals surface area contributed by atoms with Gasteiger partial charge in [-0.3, -0.25) is 0 Å². The molecule has 5 heteroatoms. The van der Waals surface area contributed by atoms with Gasteiger partial charge in [0.15, 0.2) is 16.6 Å². The third-order valence-electron chi connectivity index (χ3n) is 3.12. The largest absolute Gasteiger partial charge is 0.493 e. The Hall–Kier alpha value is -2.27. The number of rotatable bonds is 3. The van der Waals surface area contributed by atoms with E-state index in [1.165, 1.54) is 11.3 Å². The molecule has 0 saturated heterocycles. The summed E-state index contributed by atoms with van der Waals surface area (Å²) in [5.74, 6) is 1.43. The summed E-state index contributed by atoms with van der Waals surface area (Å²) in [5, 5.41) is 0.587. The SMILES string of the molecule is COc1ccc(-c2ccc3sc(N)nc3c2)cc1OC. The topological polar surface area (TPSA) is 57.4 Å². The number of benzene rings is 2. The standard InChI is InChI=1S/C15H14N2O2S/c1-18-12-5-3-10(8-13(12)19-2)9-4-6-14-11(7-9)17-15(16)20-14/h3-8H,1-2H3,(H2,16,17). The molecule has 0 fully saturated rings. The summed E-state index contributed by atoms with van der Waals surface area (Å²) < 4.78 is 11.7. The Balaban J connectivity index is 2.09. The highest BCUT2D eigenvalue weighted by molar-refractivity contribution is 7.22. The van der Waals surface area contributed by atoms with Crippen LogP contribution in [0.3, 0.4) is 0 Å². The van der Waals surface area contributed by atoms with E-state index in [-0.39, 0.29) is 0 Å². The number of methoxy groups -OCH3 is 2. The van der Waals surface area contributed by atoms with E-state index in [2.05, 4.69) is 11.1 Å². The number of ether oxygens (including phenoxy) is 2. The maximum atomic E-state index is 5.73. The number of nitrogen functional groups attached to an aromatic ring is 1. The van der Waals surface area contributed by atoms with Crippen molar-refractivity contribution in [2.24, 2.45) is 0 Å². The third kappa shape index (κ3) is 2.16. The lowest BCUT2D eigenvalue weighted by Gasteiger charge is -2.09. The first kappa shape index (κ1) is 12.7. The number of nitrogens with zero attached hydrogens (tertiary/aromatic N) is 1. The molecule has 0 aliphatic heterocycles. The van der Waals surface area contributed by atoms with E-state index in [0.29, 0.717) is 10.9 Å². The van der Waals surface area contributed by atoms with Crippen LogP contribution in [0, 0.1) is 0 Å². The van der Waals surface area contributed by atoms with Crippen LogP contribution >= 0.6 is 11.3 Å². The second kappa shape index (κ2) is 5.02. The molecule has 0 unspecified atom stereocenters. The first-order chi connectivity index (χ1) is 9.71. The summed E-state index contributed by atoms with van der Waals surface area (Å²) >= 11 is 1.49. The van der Waals surface area contributed by atoms with Crippen LogP contribution in [0.1, 0.15) is 0 Å². The van der Waals surface area contributed by atoms with Crippen molar-refractivity contribution in [2.75, 3.05) is 20.0 Å². The van der Waals surface area contributed by atoms with E-state index in [1.807, 2.05) is 30.3 Å². The number of hydrogen-bond acceptors (Lipinski definition) is 5. The van der Waals surface area contributed by atoms with Gasteiger partial charge in [-0.25, -0.2) is 4.98 Å². The van der Waals surface area contributed by atoms with Gasteiger partial charge in [0.25, 0.3) is 0 Å². The fourth-order valence-corrected chi connectivity index (χ4v) is 2.86. The fraction of sp³-hybridized carbons (Fsp3) is 0.133. The smallest absolute Gasteiger partial charge is 0.181 e. The lowest BCUT2D eigenvalue weighted by Crippen LogP contribution is -1.90. The van der Waals surface area contributed by atoms with Gasteiger partial charge < -0.3 is 15.2 Å². The lowest BCUT2D eigenvalue weighted by atomic mass is 10.0. The van der Waals surface area contributed by atoms with Gasteiger partial charge in [0, 0.05) is 0 Å². The maximum absolute atomic E-state index is 5.73. The van der Waals surface area contributed by atoms with Gasteiger partial charge in [0.05, 0.1) is 24.4 Å². The van der Waals surface area contributed by atoms with Gasteiger partial charge in [-0.05, 0) is 35.4 Å². The molecule has 20 heavy (non-hydrogen) atoms. The number of anilines is 1. The Morgan fingerprint density at radius 2 is 1.65 bits per heavy atom. The number of hydrogen-bond donors (Lipinski definition) is 1. The molecule has 0 aliphatic carbocycles. The van der Waals surface area contributed by atoms with Crippen LogP contribution < -0.4 is 15.2 Å². The van der Waals surface area contributed by atoms with E-state index in [4.69, 9.17) is 15.2 Å². The molecule has 0 bridgehead atoms. The molecule has 2 aromatic carbocycles. The predicted molar refractivity (Wildman–Crippen MR) is 82.6 cm³/mol. The summed E-state index contributed by atoms with van der Waals surface area (Å²) in [6.45, 7) is 0. The van der Waals surface area contributed by atoms with Crippen LogP contribution in [0.5, 0.6) is 11.5 Å². The van der Waals surface area contributed by atoms with Crippen LogP contribution in [-0.2, 0) is 0 Å². The molecule has 1 aromatic heterocycles. The van der Waals surface area contributed by atoms with Crippen molar-refractivity contribution in [1.82, 2.24) is 4.98 Å². The van der Waals surface area contributed by atoms with Crippen molar-refractivity contribution in [3.8, 4) is 22.6 Å². The van der Waals surface area contributed by atoms with Crippen molar-refractivity contribution in [1.29, 1.82) is 0 Å². The molecule has 0 aliphatic rings. The zero-order valence-electron chi connectivity index (χ0n) is 11.2. The van der Waals surface area contributed by atoms with Gasteiger partial charge >= 0.3 is 0 Å². The normalized spacial score (nSPS) is 10.7. The molecule has 2 N–H and O–H groups in total. The van der Waals surface area contributed by atoms with E-state index < -0.39 is 0 Å². The average molecular weight is 286 g/mol. The zero-order valence-corrected chi connectivity index (χ0v) is 12.0. The predicted octanol–water partition coefficient (Wildman–Crippen LogP) is 3.56. The third-order valence-corrected chi connectivity index (χ3v) is 3.99. The summed E-state index contributed by atoms with van der Waals surface area (Å²) in [6, 6.07) is 12.0. The van der Waals surface area contributed by atoms with Crippen molar-refractivity contribution >= 4 is 26.7 Å². The Bertz CT molecular complexity index is 768. The summed E-state index contributed by atoms with van der Waals surface area (Å²) in [6.07, 6.45) is 0. The van der Waals surface area contributed by atoms with E-state index >= 15 is 0 Å². The van der Waals surface area contributed by atoms with Gasteiger partial charge in [-0.15, -0.1) is 0 Å². The van der Waals surface area contributed by atoms with Crippen molar-refractivity contribution in [3.63, 3.8) is 0 Å². The Labute approximate surface area is 120 Å². The van der Waals surface area contributed by atoms with Gasteiger partial charge in [-0.2, -0.15) is 0 Å². The number of thiazole rings is 1. The molecular formula is C15H14N2O2S. The highest BCUT2D eigenvalue weighted by Gasteiger charge is 2.08. The fourth-order valence-electron chi connectivity index (χ4n) is 2.14. The lowest BCUT2D eigenvalue weighted by molar-refractivity contribution is 0.355. The second-order valence-corrected chi connectivity index (χ2v) is 5.37. The Morgan fingerprint density at radius 3 is 2.40 bits per heavy atom. The van der Waals surface area contributed by atoms with E-state index in [9.17, 15) is 0 Å². The average Bonchev–Trinajstić information content (AvgIpc) is 2.85. The van der Waals surface area contributed by atoms with Crippen LogP contribution in [-0.4, -0.2) is 19.2 Å². The summed E-state index contributed by atoms with van der Waals surface area (Å²) in [5.41, 5.74) is 8.78. The summed E-state index contributed by atoms with van der Waals surface area (Å²) in [7, 11) is 3.26. The highest BCUT2D eigenvalue weighted by Crippen LogP contribution is 2.34. The minimum atomic E-state index is 0.587. The maximum Gasteiger partial charge on any atom is 0.181 e. The molecule has 0 spiro atoms. The van der Waals surface area contributed by atoms with Crippen molar-refractivity contribution < 1.29 is 9.47 Å². The number of aromatic nitrogens is 1. The number of nitrogens with two attached hydrogens (primary N) is 1. The molecule has 0 radical (unpaired) electrons. The van der Waals surface area contributed by atoms with Gasteiger partial charge in [0.1, 0.15) is 0 Å². The van der Waals surface area contributed by atoms with Gasteiger partial charge in [0.2, 0.25) is 0 Å². The molecular weight excluding hydrogens is 272 g/mol. The molecule has 3 aromatic rings. The Morgan fingerprint density at radius 1 is 0.950 bits per heavy atom. The molecule has 0 saturated carbocycles. The van der Waals surface area contributed by atoms with Crippen LogP contribution in [0.4, 0.5) is 5.13 Å². The minimum absolute atomic E-state index is 0.587. The summed E-state index contributed by atoms with van der Waals surface area (Å²) in [4.78, 5) is 4.32. The Kier molecular flexibility index (Phi) is 3.20. The molecule has 102 valence electrons. The van der Waals surface area contributed by atoms with Crippen molar-refractivity contribution in [3.05, 3.63) is 36.4 Å². The minimum Gasteiger partial charge on any atom is -0.493 e. The monoisotopic (exact) mass is 286 g/mol. The molecule has 1 heterocycles. The second-order valence-electron chi connectivity index (χ2n) is 4.30. The first-order valence-corrected chi connectivity index (χ1v) is 6.91. The van der Waals surface area contributed by atoms with E-state index in [1.54, 1.807) is 14.2 Å². The van der Waals surface area contributed by atoms with Gasteiger partial charge in [-0.1, -0.05) is 23.5 Å². The molecule has 4 nitrogen and oxygen atoms in total. The van der Waals surface area contributed by atoms with Crippen LogP contribution in [0.25, 0.3) is 21.3 Å². The zero-order chi connectivity index (χ0) is 14.1. The molecule has 0 atom stereocenters. The van der Waals surface area contributed by atoms with Crippen LogP contribution in [0.15, 0.2) is 36.4 Å². The van der Waals surface area contributed by atoms with Crippen LogP contribution in [0.2, 0.25) is 0 Å².